The Morgan fingerprint density at radius 3 is 2.94 bits per heavy atom. The van der Waals surface area contributed by atoms with Crippen LogP contribution < -0.4 is 0 Å². The number of aliphatic hydroxyl groups is 2. The SMILES string of the molecule is CCC[C@@H]1C[C@@H](O)[C@@H](O)/C=C\CCC(=O)O1. The van der Waals surface area contributed by atoms with Crippen molar-refractivity contribution in [2.24, 2.45) is 0 Å². The first-order valence-corrected chi connectivity index (χ1v) is 5.85. The molecule has 0 radical (unpaired) electrons. The normalized spacial score (nSPS) is 34.2. The van der Waals surface area contributed by atoms with Crippen LogP contribution in [-0.4, -0.2) is 34.5 Å². The molecular weight excluding hydrogens is 208 g/mol. The van der Waals surface area contributed by atoms with Gasteiger partial charge in [-0.2, -0.15) is 0 Å². The zero-order valence-electron chi connectivity index (χ0n) is 9.63. The van der Waals surface area contributed by atoms with Crippen LogP contribution in [0.5, 0.6) is 0 Å². The van der Waals surface area contributed by atoms with Gasteiger partial charge in [-0.1, -0.05) is 25.5 Å². The van der Waals surface area contributed by atoms with Crippen LogP contribution in [-0.2, 0) is 9.53 Å². The van der Waals surface area contributed by atoms with Gasteiger partial charge >= 0.3 is 5.97 Å². The average Bonchev–Trinajstić information content (AvgIpc) is 2.23. The van der Waals surface area contributed by atoms with Crippen molar-refractivity contribution in [3.05, 3.63) is 12.2 Å². The fourth-order valence-corrected chi connectivity index (χ4v) is 1.77. The van der Waals surface area contributed by atoms with Crippen molar-refractivity contribution < 1.29 is 19.7 Å². The van der Waals surface area contributed by atoms with Crippen molar-refractivity contribution in [2.75, 3.05) is 0 Å². The van der Waals surface area contributed by atoms with E-state index >= 15 is 0 Å². The zero-order chi connectivity index (χ0) is 12.0. The minimum Gasteiger partial charge on any atom is -0.462 e. The number of carbonyl (C=O) groups is 1. The van der Waals surface area contributed by atoms with Crippen molar-refractivity contribution >= 4 is 5.97 Å². The molecule has 92 valence electrons. The standard InChI is InChI=1S/C12H20O4/c1-2-5-9-8-11(14)10(13)6-3-4-7-12(15)16-9/h3,6,9-11,13-14H,2,4-5,7-8H2,1H3/b6-3-/t9-,10+,11-/m1/s1. The Balaban J connectivity index is 2.65. The van der Waals surface area contributed by atoms with E-state index in [0.717, 1.165) is 12.8 Å². The van der Waals surface area contributed by atoms with Gasteiger partial charge in [-0.05, 0) is 12.8 Å². The summed E-state index contributed by atoms with van der Waals surface area (Å²) in [5.74, 6) is -0.230. The lowest BCUT2D eigenvalue weighted by atomic mass is 10.0. The van der Waals surface area contributed by atoms with Crippen molar-refractivity contribution in [3.63, 3.8) is 0 Å². The highest BCUT2D eigenvalue weighted by Crippen LogP contribution is 2.15. The lowest BCUT2D eigenvalue weighted by Crippen LogP contribution is -2.31. The number of cyclic esters (lactones) is 1. The number of esters is 1. The summed E-state index contributed by atoms with van der Waals surface area (Å²) >= 11 is 0. The number of rotatable bonds is 2. The molecule has 1 aliphatic heterocycles. The van der Waals surface area contributed by atoms with Gasteiger partial charge in [0.05, 0.1) is 12.2 Å². The average molecular weight is 228 g/mol. The van der Waals surface area contributed by atoms with Crippen LogP contribution in [0, 0.1) is 0 Å². The third-order valence-corrected chi connectivity index (χ3v) is 2.66. The third-order valence-electron chi connectivity index (χ3n) is 2.66. The van der Waals surface area contributed by atoms with Crippen LogP contribution in [0.3, 0.4) is 0 Å². The quantitative estimate of drug-likeness (QED) is 0.550. The Bertz CT molecular complexity index is 249. The molecule has 16 heavy (non-hydrogen) atoms. The Morgan fingerprint density at radius 2 is 2.25 bits per heavy atom. The van der Waals surface area contributed by atoms with Crippen LogP contribution in [0.4, 0.5) is 0 Å². The first kappa shape index (κ1) is 13.2. The van der Waals surface area contributed by atoms with E-state index in [0.29, 0.717) is 19.3 Å². The molecule has 0 spiro atoms. The molecule has 4 heteroatoms. The van der Waals surface area contributed by atoms with Crippen LogP contribution in [0.2, 0.25) is 0 Å². The summed E-state index contributed by atoms with van der Waals surface area (Å²) in [5, 5.41) is 19.3. The highest BCUT2D eigenvalue weighted by molar-refractivity contribution is 5.69. The Hall–Kier alpha value is -0.870. The molecule has 0 saturated heterocycles. The maximum absolute atomic E-state index is 11.4. The summed E-state index contributed by atoms with van der Waals surface area (Å²) < 4.78 is 5.24. The van der Waals surface area contributed by atoms with Crippen molar-refractivity contribution in [3.8, 4) is 0 Å². The van der Waals surface area contributed by atoms with Crippen LogP contribution in [0.1, 0.15) is 39.0 Å². The molecule has 1 aliphatic rings. The molecule has 1 heterocycles. The smallest absolute Gasteiger partial charge is 0.306 e. The van der Waals surface area contributed by atoms with Crippen LogP contribution in [0.25, 0.3) is 0 Å². The second kappa shape index (κ2) is 6.66. The van der Waals surface area contributed by atoms with Gasteiger partial charge in [0.15, 0.2) is 0 Å². The summed E-state index contributed by atoms with van der Waals surface area (Å²) in [6.45, 7) is 2.00. The molecule has 0 aromatic carbocycles. The van der Waals surface area contributed by atoms with Crippen molar-refractivity contribution in [2.45, 2.75) is 57.3 Å². The highest BCUT2D eigenvalue weighted by Gasteiger charge is 2.22. The van der Waals surface area contributed by atoms with Gasteiger partial charge in [0.25, 0.3) is 0 Å². The molecule has 3 atom stereocenters. The topological polar surface area (TPSA) is 66.8 Å². The molecule has 4 nitrogen and oxygen atoms in total. The zero-order valence-corrected chi connectivity index (χ0v) is 9.63. The first-order chi connectivity index (χ1) is 7.63. The van der Waals surface area contributed by atoms with E-state index in [1.54, 1.807) is 12.2 Å². The summed E-state index contributed by atoms with van der Waals surface area (Å²) in [6.07, 6.45) is 4.02. The predicted octanol–water partition coefficient (Wildman–Crippen LogP) is 1.16. The second-order valence-corrected chi connectivity index (χ2v) is 4.16. The van der Waals surface area contributed by atoms with E-state index < -0.39 is 12.2 Å². The van der Waals surface area contributed by atoms with Gasteiger partial charge in [0.1, 0.15) is 6.10 Å². The molecule has 1 rings (SSSR count). The molecule has 0 aromatic rings. The van der Waals surface area contributed by atoms with E-state index in [-0.39, 0.29) is 12.1 Å². The van der Waals surface area contributed by atoms with E-state index in [1.807, 2.05) is 6.92 Å². The number of aliphatic hydroxyl groups excluding tert-OH is 2. The first-order valence-electron chi connectivity index (χ1n) is 5.85. The molecule has 0 fully saturated rings. The number of hydrogen-bond donors (Lipinski definition) is 2. The number of carbonyl (C=O) groups excluding carboxylic acids is 1. The lowest BCUT2D eigenvalue weighted by Gasteiger charge is -2.23. The highest BCUT2D eigenvalue weighted by atomic mass is 16.5. The van der Waals surface area contributed by atoms with E-state index in [1.165, 1.54) is 0 Å². The molecule has 0 aromatic heterocycles. The Morgan fingerprint density at radius 1 is 1.50 bits per heavy atom. The van der Waals surface area contributed by atoms with Crippen molar-refractivity contribution in [1.29, 1.82) is 0 Å². The minimum absolute atomic E-state index is 0.230. The summed E-state index contributed by atoms with van der Waals surface area (Å²) in [6, 6.07) is 0. The maximum Gasteiger partial charge on any atom is 0.306 e. The van der Waals surface area contributed by atoms with Crippen LogP contribution in [0.15, 0.2) is 12.2 Å². The largest absolute Gasteiger partial charge is 0.462 e. The summed E-state index contributed by atoms with van der Waals surface area (Å²) in [7, 11) is 0. The lowest BCUT2D eigenvalue weighted by molar-refractivity contribution is -0.151. The maximum atomic E-state index is 11.4. The monoisotopic (exact) mass is 228 g/mol. The van der Waals surface area contributed by atoms with Crippen LogP contribution >= 0.6 is 0 Å². The number of allylic oxidation sites excluding steroid dienone is 1. The Labute approximate surface area is 95.9 Å². The summed E-state index contributed by atoms with van der Waals surface area (Å²) in [5.41, 5.74) is 0. The molecule has 0 bridgehead atoms. The molecule has 0 aliphatic carbocycles. The van der Waals surface area contributed by atoms with Gasteiger partial charge in [-0.3, -0.25) is 4.79 Å². The molecule has 0 saturated carbocycles. The molecule has 0 unspecified atom stereocenters. The minimum atomic E-state index is -0.865. The second-order valence-electron chi connectivity index (χ2n) is 4.16. The fourth-order valence-electron chi connectivity index (χ4n) is 1.77. The van der Waals surface area contributed by atoms with Gasteiger partial charge in [-0.15, -0.1) is 0 Å². The fraction of sp³-hybridized carbons (Fsp3) is 0.750. The molecule has 0 amide bonds. The van der Waals surface area contributed by atoms with E-state index in [2.05, 4.69) is 0 Å². The predicted molar refractivity (Wildman–Crippen MR) is 59.8 cm³/mol. The van der Waals surface area contributed by atoms with Gasteiger partial charge in [0, 0.05) is 12.8 Å². The van der Waals surface area contributed by atoms with Gasteiger partial charge < -0.3 is 14.9 Å². The van der Waals surface area contributed by atoms with Gasteiger partial charge in [-0.25, -0.2) is 0 Å². The molecule has 2 N–H and O–H groups in total. The van der Waals surface area contributed by atoms with Gasteiger partial charge in [0.2, 0.25) is 0 Å². The van der Waals surface area contributed by atoms with E-state index in [4.69, 9.17) is 4.74 Å². The number of ether oxygens (including phenoxy) is 1. The molecular formula is C12H20O4. The van der Waals surface area contributed by atoms with Crippen molar-refractivity contribution in [1.82, 2.24) is 0 Å². The number of hydrogen-bond acceptors (Lipinski definition) is 4. The third kappa shape index (κ3) is 4.33. The Kier molecular flexibility index (Phi) is 5.49. The summed E-state index contributed by atoms with van der Waals surface area (Å²) in [4.78, 5) is 11.4. The van der Waals surface area contributed by atoms with E-state index in [9.17, 15) is 15.0 Å².